The molecule has 0 aliphatic rings. The van der Waals surface area contributed by atoms with E-state index in [-0.39, 0.29) is 5.91 Å². The van der Waals surface area contributed by atoms with Gasteiger partial charge in [0.2, 0.25) is 0 Å². The fourth-order valence-electron chi connectivity index (χ4n) is 0.229. The number of likely N-dealkylation sites (N-methyl/N-ethyl adjacent to an activating group) is 1. The monoisotopic (exact) mass is 145 g/mol. The molecule has 0 bridgehead atoms. The third kappa shape index (κ3) is 3.78. The summed E-state index contributed by atoms with van der Waals surface area (Å²) in [5.41, 5.74) is 0. The number of carbonyl (C=O) groups is 2. The van der Waals surface area contributed by atoms with Crippen LogP contribution in [0.1, 0.15) is 0 Å². The summed E-state index contributed by atoms with van der Waals surface area (Å²) in [7, 11) is 1.49. The van der Waals surface area contributed by atoms with Crippen LogP contribution in [0.25, 0.3) is 0 Å². The average Bonchev–Trinajstić information content (AvgIpc) is 1.82. The summed E-state index contributed by atoms with van der Waals surface area (Å²) in [5.74, 6) is -0.314. The van der Waals surface area contributed by atoms with Crippen molar-refractivity contribution >= 4 is 25.0 Å². The Morgan fingerprint density at radius 1 is 1.67 bits per heavy atom. The smallest absolute Gasteiger partial charge is 0.256 e. The zero-order valence-electron chi connectivity index (χ0n) is 4.94. The Morgan fingerprint density at radius 2 is 2.22 bits per heavy atom. The molecular weight excluding hydrogens is 138 g/mol. The van der Waals surface area contributed by atoms with Gasteiger partial charge in [-0.3, -0.25) is 13.9 Å². The lowest BCUT2D eigenvalue weighted by atomic mass is 10.5. The normalized spacial score (nSPS) is 9.56. The molecule has 0 fully saturated rings. The van der Waals surface area contributed by atoms with E-state index in [2.05, 4.69) is 12.8 Å². The summed E-state index contributed by atoms with van der Waals surface area (Å²) in [6.07, 6.45) is 2.80. The van der Waals surface area contributed by atoms with Gasteiger partial charge < -0.3 is 0 Å². The Kier molecular flexibility index (Phi) is 3.79. The van der Waals surface area contributed by atoms with E-state index in [1.165, 1.54) is 7.05 Å². The number of rotatable bonds is 2. The fourth-order valence-corrected chi connectivity index (χ4v) is 0.296. The lowest BCUT2D eigenvalue weighted by Gasteiger charge is -2.01. The first-order valence-corrected chi connectivity index (χ1v) is 2.67. The summed E-state index contributed by atoms with van der Waals surface area (Å²) in [4.78, 5) is 20.2. The van der Waals surface area contributed by atoms with Gasteiger partial charge in [-0.05, 0) is 6.08 Å². The van der Waals surface area contributed by atoms with E-state index in [1.54, 1.807) is 0 Å². The summed E-state index contributed by atoms with van der Waals surface area (Å²) in [6, 6.07) is 0. The molecule has 0 N–H and O–H groups in total. The number of carbonyl (C=O) groups excluding carboxylic acids is 2. The maximum atomic E-state index is 10.5. The molecule has 0 aromatic carbocycles. The quantitative estimate of drug-likeness (QED) is 0.338. The van der Waals surface area contributed by atoms with E-state index >= 15 is 0 Å². The summed E-state index contributed by atoms with van der Waals surface area (Å²) < 4.78 is 1.08. The minimum absolute atomic E-state index is 0.314. The predicted molar refractivity (Wildman–Crippen MR) is 37.0 cm³/mol. The number of thiol groups is 1. The minimum Gasteiger partial charge on any atom is -0.299 e. The molecule has 0 spiro atoms. The third-order valence-corrected chi connectivity index (χ3v) is 0.833. The molecule has 0 aromatic rings. The van der Waals surface area contributed by atoms with Gasteiger partial charge in [0.1, 0.15) is 6.29 Å². The highest BCUT2D eigenvalue weighted by atomic mass is 32.1. The zero-order valence-corrected chi connectivity index (χ0v) is 5.84. The molecular formula is C5H7NO2S. The molecule has 0 aliphatic heterocycles. The Bertz CT molecular complexity index is 142. The number of hydrogen-bond donors (Lipinski definition) is 1. The Hall–Kier alpha value is -0.770. The first kappa shape index (κ1) is 8.23. The molecule has 3 nitrogen and oxygen atoms in total. The Labute approximate surface area is 58.9 Å². The van der Waals surface area contributed by atoms with E-state index < -0.39 is 0 Å². The Balaban J connectivity index is 3.76. The van der Waals surface area contributed by atoms with Gasteiger partial charge in [-0.15, -0.1) is 0 Å². The van der Waals surface area contributed by atoms with Crippen LogP contribution in [0.4, 0.5) is 0 Å². The number of allylic oxidation sites excluding steroid dienone is 1. The van der Waals surface area contributed by atoms with Gasteiger partial charge in [0.15, 0.2) is 0 Å². The van der Waals surface area contributed by atoms with Gasteiger partial charge in [-0.2, -0.15) is 0 Å². The fraction of sp³-hybridized carbons (Fsp3) is 0.200. The summed E-state index contributed by atoms with van der Waals surface area (Å²) >= 11 is 3.68. The molecule has 50 valence electrons. The molecule has 0 heterocycles. The van der Waals surface area contributed by atoms with E-state index in [0.29, 0.717) is 6.29 Å². The highest BCUT2D eigenvalue weighted by molar-refractivity contribution is 7.78. The van der Waals surface area contributed by atoms with Gasteiger partial charge in [0.25, 0.3) is 5.91 Å². The molecule has 0 unspecified atom stereocenters. The molecule has 1 amide bonds. The second-order valence-electron chi connectivity index (χ2n) is 1.36. The largest absolute Gasteiger partial charge is 0.299 e. The van der Waals surface area contributed by atoms with Gasteiger partial charge in [-0.1, -0.05) is 12.8 Å². The highest BCUT2D eigenvalue weighted by Crippen LogP contribution is 1.87. The Morgan fingerprint density at radius 3 is 2.56 bits per heavy atom. The lowest BCUT2D eigenvalue weighted by Crippen LogP contribution is -2.12. The van der Waals surface area contributed by atoms with Gasteiger partial charge >= 0.3 is 0 Å². The molecule has 9 heavy (non-hydrogen) atoms. The van der Waals surface area contributed by atoms with Crippen molar-refractivity contribution in [3.63, 3.8) is 0 Å². The van der Waals surface area contributed by atoms with Crippen molar-refractivity contribution in [2.45, 2.75) is 0 Å². The van der Waals surface area contributed by atoms with Crippen LogP contribution >= 0.6 is 12.8 Å². The van der Waals surface area contributed by atoms with Crippen molar-refractivity contribution in [2.24, 2.45) is 0 Å². The second-order valence-corrected chi connectivity index (χ2v) is 1.96. The first-order chi connectivity index (χ1) is 4.18. The van der Waals surface area contributed by atoms with Crippen LogP contribution in [0.3, 0.4) is 0 Å². The summed E-state index contributed by atoms with van der Waals surface area (Å²) in [6.45, 7) is 0. The van der Waals surface area contributed by atoms with Crippen molar-refractivity contribution in [3.05, 3.63) is 12.2 Å². The first-order valence-electron chi connectivity index (χ1n) is 2.27. The number of aldehydes is 1. The number of hydrogen-bond acceptors (Lipinski definition) is 3. The molecule has 0 saturated carbocycles. The predicted octanol–water partition coefficient (Wildman–Crippen LogP) is 0.0447. The summed E-state index contributed by atoms with van der Waals surface area (Å²) in [5, 5.41) is 0. The SMILES string of the molecule is CN(S)C(=O)/C=C\C=O. The van der Waals surface area contributed by atoms with E-state index in [9.17, 15) is 9.59 Å². The van der Waals surface area contributed by atoms with Crippen LogP contribution in [0.5, 0.6) is 0 Å². The molecule has 0 aromatic heterocycles. The van der Waals surface area contributed by atoms with E-state index in [4.69, 9.17) is 0 Å². The second kappa shape index (κ2) is 4.14. The molecule has 0 aliphatic carbocycles. The van der Waals surface area contributed by atoms with Gasteiger partial charge in [0.05, 0.1) is 0 Å². The average molecular weight is 145 g/mol. The maximum Gasteiger partial charge on any atom is 0.256 e. The number of amides is 1. The minimum atomic E-state index is -0.314. The van der Waals surface area contributed by atoms with Crippen LogP contribution in [0.15, 0.2) is 12.2 Å². The van der Waals surface area contributed by atoms with Crippen LogP contribution < -0.4 is 0 Å². The van der Waals surface area contributed by atoms with Crippen LogP contribution in [-0.4, -0.2) is 23.5 Å². The molecule has 4 heteroatoms. The van der Waals surface area contributed by atoms with Gasteiger partial charge in [-0.25, -0.2) is 0 Å². The highest BCUT2D eigenvalue weighted by Gasteiger charge is 1.95. The molecule has 0 atom stereocenters. The molecule has 0 radical (unpaired) electrons. The van der Waals surface area contributed by atoms with Gasteiger partial charge in [0, 0.05) is 13.1 Å². The maximum absolute atomic E-state index is 10.5. The topological polar surface area (TPSA) is 37.4 Å². The van der Waals surface area contributed by atoms with Crippen molar-refractivity contribution in [2.75, 3.05) is 7.05 Å². The third-order valence-electron chi connectivity index (χ3n) is 0.636. The van der Waals surface area contributed by atoms with Crippen molar-refractivity contribution in [3.8, 4) is 0 Å². The number of nitrogens with zero attached hydrogens (tertiary/aromatic N) is 1. The van der Waals surface area contributed by atoms with E-state index in [1.807, 2.05) is 0 Å². The zero-order chi connectivity index (χ0) is 7.28. The molecule has 0 rings (SSSR count). The van der Waals surface area contributed by atoms with E-state index in [0.717, 1.165) is 16.5 Å². The standard InChI is InChI=1S/C5H7NO2S/c1-6(9)5(8)3-2-4-7/h2-4,9H,1H3/b3-2-. The van der Waals surface area contributed by atoms with Crippen molar-refractivity contribution in [1.82, 2.24) is 4.31 Å². The lowest BCUT2D eigenvalue weighted by molar-refractivity contribution is -0.120. The van der Waals surface area contributed by atoms with Crippen molar-refractivity contribution < 1.29 is 9.59 Å². The molecule has 0 saturated heterocycles. The van der Waals surface area contributed by atoms with Crippen molar-refractivity contribution in [1.29, 1.82) is 0 Å². The van der Waals surface area contributed by atoms with Crippen LogP contribution in [0.2, 0.25) is 0 Å². The van der Waals surface area contributed by atoms with Crippen LogP contribution in [0, 0.1) is 0 Å². The van der Waals surface area contributed by atoms with Crippen LogP contribution in [-0.2, 0) is 9.59 Å².